The highest BCUT2D eigenvalue weighted by molar-refractivity contribution is 5.40. The second kappa shape index (κ2) is 7.36. The summed E-state index contributed by atoms with van der Waals surface area (Å²) in [4.78, 5) is 8.25. The van der Waals surface area contributed by atoms with Gasteiger partial charge in [-0.2, -0.15) is 0 Å². The van der Waals surface area contributed by atoms with Crippen molar-refractivity contribution in [3.05, 3.63) is 90.0 Å². The zero-order valence-corrected chi connectivity index (χ0v) is 12.4. The van der Waals surface area contributed by atoms with E-state index in [1.165, 1.54) is 16.7 Å². The maximum atomic E-state index is 4.15. The van der Waals surface area contributed by atoms with Crippen molar-refractivity contribution in [2.75, 3.05) is 5.32 Å². The van der Waals surface area contributed by atoms with Gasteiger partial charge >= 0.3 is 0 Å². The molecule has 0 fully saturated rings. The maximum Gasteiger partial charge on any atom is 0.0529 e. The molecule has 3 aromatic rings. The van der Waals surface area contributed by atoms with Gasteiger partial charge in [0.15, 0.2) is 0 Å². The third-order valence-electron chi connectivity index (χ3n) is 3.61. The number of nitrogens with one attached hydrogen (secondary N) is 1. The smallest absolute Gasteiger partial charge is 0.0529 e. The van der Waals surface area contributed by atoms with E-state index in [4.69, 9.17) is 0 Å². The van der Waals surface area contributed by atoms with Crippen LogP contribution in [-0.4, -0.2) is 9.97 Å². The van der Waals surface area contributed by atoms with Gasteiger partial charge < -0.3 is 5.32 Å². The maximum absolute atomic E-state index is 4.15. The van der Waals surface area contributed by atoms with Crippen LogP contribution in [0.4, 0.5) is 5.69 Å². The molecule has 110 valence electrons. The monoisotopic (exact) mass is 289 g/mol. The SMILES string of the molecule is c1cncc(CCc2ccc(CNc3cccnc3)cc2)c1. The van der Waals surface area contributed by atoms with Crippen molar-refractivity contribution in [3.63, 3.8) is 0 Å². The number of benzene rings is 1. The topological polar surface area (TPSA) is 37.8 Å². The van der Waals surface area contributed by atoms with Crippen molar-refractivity contribution in [2.24, 2.45) is 0 Å². The van der Waals surface area contributed by atoms with E-state index in [0.717, 1.165) is 25.1 Å². The minimum Gasteiger partial charge on any atom is -0.380 e. The van der Waals surface area contributed by atoms with E-state index in [1.54, 1.807) is 6.20 Å². The lowest BCUT2D eigenvalue weighted by Gasteiger charge is -2.07. The quantitative estimate of drug-likeness (QED) is 0.748. The van der Waals surface area contributed by atoms with Gasteiger partial charge in [-0.05, 0) is 47.7 Å². The molecule has 0 atom stereocenters. The summed E-state index contributed by atoms with van der Waals surface area (Å²) in [6.07, 6.45) is 9.44. The fourth-order valence-corrected chi connectivity index (χ4v) is 2.33. The third-order valence-corrected chi connectivity index (χ3v) is 3.61. The number of hydrogen-bond donors (Lipinski definition) is 1. The van der Waals surface area contributed by atoms with Crippen LogP contribution in [0.25, 0.3) is 0 Å². The fourth-order valence-electron chi connectivity index (χ4n) is 2.33. The van der Waals surface area contributed by atoms with Crippen LogP contribution in [-0.2, 0) is 19.4 Å². The molecule has 0 aliphatic heterocycles. The molecule has 2 heterocycles. The highest BCUT2D eigenvalue weighted by Crippen LogP contribution is 2.11. The van der Waals surface area contributed by atoms with E-state index in [0.29, 0.717) is 0 Å². The summed E-state index contributed by atoms with van der Waals surface area (Å²) >= 11 is 0. The molecular weight excluding hydrogens is 270 g/mol. The van der Waals surface area contributed by atoms with Gasteiger partial charge in [-0.1, -0.05) is 30.3 Å². The van der Waals surface area contributed by atoms with E-state index in [1.807, 2.05) is 36.8 Å². The Labute approximate surface area is 131 Å². The van der Waals surface area contributed by atoms with Crippen molar-refractivity contribution in [1.82, 2.24) is 9.97 Å². The standard InChI is InChI=1S/C19H19N3/c1-3-17(13-20-11-1)8-5-16-6-9-18(10-7-16)14-22-19-4-2-12-21-15-19/h1-4,6-7,9-13,15,22H,5,8,14H2. The molecule has 3 nitrogen and oxygen atoms in total. The predicted molar refractivity (Wildman–Crippen MR) is 89.7 cm³/mol. The van der Waals surface area contributed by atoms with Gasteiger partial charge in [0.2, 0.25) is 0 Å². The molecule has 0 saturated carbocycles. The van der Waals surface area contributed by atoms with Gasteiger partial charge in [0.25, 0.3) is 0 Å². The van der Waals surface area contributed by atoms with Gasteiger partial charge in [0, 0.05) is 31.3 Å². The number of anilines is 1. The van der Waals surface area contributed by atoms with E-state index in [2.05, 4.69) is 45.6 Å². The average Bonchev–Trinajstić information content (AvgIpc) is 2.61. The van der Waals surface area contributed by atoms with Crippen LogP contribution < -0.4 is 5.32 Å². The number of aryl methyl sites for hydroxylation is 2. The summed E-state index contributed by atoms with van der Waals surface area (Å²) < 4.78 is 0. The second-order valence-electron chi connectivity index (χ2n) is 5.27. The lowest BCUT2D eigenvalue weighted by atomic mass is 10.0. The highest BCUT2D eigenvalue weighted by Gasteiger charge is 1.98. The molecular formula is C19H19N3. The molecule has 0 aliphatic carbocycles. The molecule has 1 aromatic carbocycles. The Kier molecular flexibility index (Phi) is 4.77. The number of nitrogens with zero attached hydrogens (tertiary/aromatic N) is 2. The van der Waals surface area contributed by atoms with Gasteiger partial charge in [-0.25, -0.2) is 0 Å². The van der Waals surface area contributed by atoms with Crippen LogP contribution in [0.5, 0.6) is 0 Å². The van der Waals surface area contributed by atoms with Gasteiger partial charge in [0.1, 0.15) is 0 Å². The van der Waals surface area contributed by atoms with E-state index < -0.39 is 0 Å². The number of pyridine rings is 2. The Morgan fingerprint density at radius 2 is 1.36 bits per heavy atom. The van der Waals surface area contributed by atoms with Crippen molar-refractivity contribution < 1.29 is 0 Å². The molecule has 0 bridgehead atoms. The van der Waals surface area contributed by atoms with Crippen molar-refractivity contribution in [1.29, 1.82) is 0 Å². The lowest BCUT2D eigenvalue weighted by molar-refractivity contribution is 0.947. The van der Waals surface area contributed by atoms with Gasteiger partial charge in [-0.15, -0.1) is 0 Å². The third kappa shape index (κ3) is 4.16. The zero-order chi connectivity index (χ0) is 15.0. The van der Waals surface area contributed by atoms with Crippen LogP contribution in [0.3, 0.4) is 0 Å². The predicted octanol–water partition coefficient (Wildman–Crippen LogP) is 3.87. The van der Waals surface area contributed by atoms with Crippen LogP contribution in [0.1, 0.15) is 16.7 Å². The van der Waals surface area contributed by atoms with Crippen LogP contribution in [0.2, 0.25) is 0 Å². The fraction of sp³-hybridized carbons (Fsp3) is 0.158. The molecule has 3 rings (SSSR count). The molecule has 1 N–H and O–H groups in total. The molecule has 0 unspecified atom stereocenters. The Bertz CT molecular complexity index is 616. The average molecular weight is 289 g/mol. The largest absolute Gasteiger partial charge is 0.380 e. The van der Waals surface area contributed by atoms with E-state index in [-0.39, 0.29) is 0 Å². The van der Waals surface area contributed by atoms with Crippen LogP contribution >= 0.6 is 0 Å². The number of aromatic nitrogens is 2. The molecule has 22 heavy (non-hydrogen) atoms. The summed E-state index contributed by atoms with van der Waals surface area (Å²) in [6.45, 7) is 0.814. The number of hydrogen-bond acceptors (Lipinski definition) is 3. The minimum absolute atomic E-state index is 0.814. The molecule has 0 amide bonds. The first-order valence-electron chi connectivity index (χ1n) is 7.51. The van der Waals surface area contributed by atoms with Crippen LogP contribution in [0.15, 0.2) is 73.3 Å². The Balaban J connectivity index is 1.52. The van der Waals surface area contributed by atoms with Crippen LogP contribution in [0, 0.1) is 0 Å². The second-order valence-corrected chi connectivity index (χ2v) is 5.27. The highest BCUT2D eigenvalue weighted by atomic mass is 14.9. The molecule has 3 heteroatoms. The normalized spacial score (nSPS) is 10.4. The Hall–Kier alpha value is -2.68. The van der Waals surface area contributed by atoms with Gasteiger partial charge in [0.05, 0.1) is 5.69 Å². The van der Waals surface area contributed by atoms with E-state index >= 15 is 0 Å². The Morgan fingerprint density at radius 3 is 2.05 bits per heavy atom. The summed E-state index contributed by atoms with van der Waals surface area (Å²) in [5.41, 5.74) is 4.95. The molecule has 2 aromatic heterocycles. The summed E-state index contributed by atoms with van der Waals surface area (Å²) in [6, 6.07) is 16.8. The first-order chi connectivity index (χ1) is 10.9. The molecule has 0 radical (unpaired) electrons. The minimum atomic E-state index is 0.814. The molecule has 0 aliphatic rings. The molecule has 0 saturated heterocycles. The zero-order valence-electron chi connectivity index (χ0n) is 12.4. The first-order valence-corrected chi connectivity index (χ1v) is 7.51. The summed E-state index contributed by atoms with van der Waals surface area (Å²) in [5.74, 6) is 0. The number of rotatable bonds is 6. The van der Waals surface area contributed by atoms with Crippen molar-refractivity contribution >= 4 is 5.69 Å². The molecule has 0 spiro atoms. The van der Waals surface area contributed by atoms with E-state index in [9.17, 15) is 0 Å². The summed E-state index contributed by atoms with van der Waals surface area (Å²) in [7, 11) is 0. The lowest BCUT2D eigenvalue weighted by Crippen LogP contribution is -2.00. The van der Waals surface area contributed by atoms with Crippen molar-refractivity contribution in [2.45, 2.75) is 19.4 Å². The Morgan fingerprint density at radius 1 is 0.682 bits per heavy atom. The first kappa shape index (κ1) is 14.3. The summed E-state index contributed by atoms with van der Waals surface area (Å²) in [5, 5.41) is 3.37. The van der Waals surface area contributed by atoms with Crippen molar-refractivity contribution in [3.8, 4) is 0 Å². The van der Waals surface area contributed by atoms with Gasteiger partial charge in [-0.3, -0.25) is 9.97 Å².